The summed E-state index contributed by atoms with van der Waals surface area (Å²) in [4.78, 5) is 0. The summed E-state index contributed by atoms with van der Waals surface area (Å²) < 4.78 is 28.0. The molecular formula is C9H21N3O2S. The van der Waals surface area contributed by atoms with Gasteiger partial charge in [-0.2, -0.15) is 17.4 Å². The summed E-state index contributed by atoms with van der Waals surface area (Å²) in [6.07, 6.45) is 1.70. The van der Waals surface area contributed by atoms with E-state index in [1.54, 1.807) is 0 Å². The van der Waals surface area contributed by atoms with Crippen LogP contribution in [0.4, 0.5) is 0 Å². The number of hydrogen-bond acceptors (Lipinski definition) is 3. The van der Waals surface area contributed by atoms with E-state index in [4.69, 9.17) is 0 Å². The lowest BCUT2D eigenvalue weighted by molar-refractivity contribution is 0.367. The fourth-order valence-electron chi connectivity index (χ4n) is 1.51. The molecule has 1 heterocycles. The molecule has 15 heavy (non-hydrogen) atoms. The van der Waals surface area contributed by atoms with Crippen LogP contribution in [0.1, 0.15) is 26.7 Å². The molecule has 0 radical (unpaired) electrons. The standard InChI is InChI=1S/C9H21N3O2S/c1-3-5-12(6-4-2)15(13,14)11-9-7-10-8-9/h9-11H,3-8H2,1-2H3. The van der Waals surface area contributed by atoms with Crippen molar-refractivity contribution in [1.29, 1.82) is 0 Å². The molecule has 0 aromatic carbocycles. The van der Waals surface area contributed by atoms with Gasteiger partial charge in [0, 0.05) is 32.2 Å². The SMILES string of the molecule is CCCN(CCC)S(=O)(=O)NC1CNC1. The van der Waals surface area contributed by atoms with Crippen LogP contribution < -0.4 is 10.0 Å². The largest absolute Gasteiger partial charge is 0.313 e. The third-order valence-electron chi connectivity index (χ3n) is 2.38. The summed E-state index contributed by atoms with van der Waals surface area (Å²) in [5.74, 6) is 0. The molecule has 0 unspecified atom stereocenters. The second-order valence-corrected chi connectivity index (χ2v) is 5.58. The Balaban J connectivity index is 2.53. The van der Waals surface area contributed by atoms with Gasteiger partial charge in [-0.1, -0.05) is 13.8 Å². The van der Waals surface area contributed by atoms with Crippen molar-refractivity contribution in [3.63, 3.8) is 0 Å². The molecule has 1 aliphatic heterocycles. The Bertz CT molecular complexity index is 269. The maximum Gasteiger partial charge on any atom is 0.279 e. The first-order valence-electron chi connectivity index (χ1n) is 5.58. The zero-order chi connectivity index (χ0) is 11.3. The average Bonchev–Trinajstić information content (AvgIpc) is 2.11. The topological polar surface area (TPSA) is 61.4 Å². The summed E-state index contributed by atoms with van der Waals surface area (Å²) in [6.45, 7) is 6.66. The number of rotatable bonds is 7. The van der Waals surface area contributed by atoms with Crippen molar-refractivity contribution in [2.24, 2.45) is 0 Å². The van der Waals surface area contributed by atoms with Crippen LogP contribution in [-0.4, -0.2) is 44.9 Å². The molecule has 1 fully saturated rings. The zero-order valence-corrected chi connectivity index (χ0v) is 10.3. The van der Waals surface area contributed by atoms with E-state index in [0.29, 0.717) is 13.1 Å². The monoisotopic (exact) mass is 235 g/mol. The molecule has 0 spiro atoms. The summed E-state index contributed by atoms with van der Waals surface area (Å²) in [7, 11) is -3.26. The van der Waals surface area contributed by atoms with E-state index in [1.807, 2.05) is 13.8 Å². The Kier molecular flexibility index (Phi) is 4.98. The van der Waals surface area contributed by atoms with Gasteiger partial charge in [-0.05, 0) is 12.8 Å². The minimum absolute atomic E-state index is 0.0752. The van der Waals surface area contributed by atoms with Gasteiger partial charge in [-0.15, -0.1) is 0 Å². The summed E-state index contributed by atoms with van der Waals surface area (Å²) in [5.41, 5.74) is 0. The van der Waals surface area contributed by atoms with E-state index in [0.717, 1.165) is 25.9 Å². The molecule has 0 atom stereocenters. The molecule has 90 valence electrons. The second kappa shape index (κ2) is 5.79. The van der Waals surface area contributed by atoms with E-state index < -0.39 is 10.2 Å². The fraction of sp³-hybridized carbons (Fsp3) is 1.00. The molecule has 0 amide bonds. The Morgan fingerprint density at radius 2 is 1.80 bits per heavy atom. The number of nitrogens with zero attached hydrogens (tertiary/aromatic N) is 1. The van der Waals surface area contributed by atoms with E-state index in [2.05, 4.69) is 10.0 Å². The van der Waals surface area contributed by atoms with E-state index in [9.17, 15) is 8.42 Å². The van der Waals surface area contributed by atoms with Crippen molar-refractivity contribution < 1.29 is 8.42 Å². The summed E-state index contributed by atoms with van der Waals surface area (Å²) in [5, 5.41) is 3.04. The van der Waals surface area contributed by atoms with E-state index in [-0.39, 0.29) is 6.04 Å². The molecular weight excluding hydrogens is 214 g/mol. The van der Waals surface area contributed by atoms with Crippen LogP contribution in [0.25, 0.3) is 0 Å². The van der Waals surface area contributed by atoms with E-state index >= 15 is 0 Å². The van der Waals surface area contributed by atoms with Gasteiger partial charge in [0.1, 0.15) is 0 Å². The fourth-order valence-corrected chi connectivity index (χ4v) is 3.09. The van der Waals surface area contributed by atoms with Gasteiger partial charge >= 0.3 is 0 Å². The van der Waals surface area contributed by atoms with E-state index in [1.165, 1.54) is 4.31 Å². The number of nitrogens with one attached hydrogen (secondary N) is 2. The van der Waals surface area contributed by atoms with Crippen LogP contribution in [0.2, 0.25) is 0 Å². The van der Waals surface area contributed by atoms with Gasteiger partial charge < -0.3 is 5.32 Å². The molecule has 0 aromatic rings. The molecule has 0 saturated carbocycles. The predicted molar refractivity (Wildman–Crippen MR) is 60.9 cm³/mol. The lowest BCUT2D eigenvalue weighted by Gasteiger charge is -2.30. The Morgan fingerprint density at radius 1 is 1.27 bits per heavy atom. The van der Waals surface area contributed by atoms with Gasteiger partial charge in [0.05, 0.1) is 0 Å². The second-order valence-electron chi connectivity index (χ2n) is 3.88. The minimum atomic E-state index is -3.26. The highest BCUT2D eigenvalue weighted by atomic mass is 32.2. The van der Waals surface area contributed by atoms with Crippen LogP contribution >= 0.6 is 0 Å². The third-order valence-corrected chi connectivity index (χ3v) is 4.06. The normalized spacial score (nSPS) is 18.1. The molecule has 5 nitrogen and oxygen atoms in total. The quantitative estimate of drug-likeness (QED) is 0.648. The van der Waals surface area contributed by atoms with Crippen molar-refractivity contribution in [3.8, 4) is 0 Å². The molecule has 0 aliphatic carbocycles. The van der Waals surface area contributed by atoms with Gasteiger partial charge in [0.25, 0.3) is 10.2 Å². The van der Waals surface area contributed by atoms with Crippen molar-refractivity contribution in [1.82, 2.24) is 14.3 Å². The Labute approximate surface area is 92.4 Å². The maximum atomic E-state index is 11.9. The Morgan fingerprint density at radius 3 is 2.13 bits per heavy atom. The van der Waals surface area contributed by atoms with Crippen LogP contribution in [0.5, 0.6) is 0 Å². The first-order chi connectivity index (χ1) is 7.10. The molecule has 1 aliphatic rings. The van der Waals surface area contributed by atoms with Gasteiger partial charge in [0.15, 0.2) is 0 Å². The third kappa shape index (κ3) is 3.71. The molecule has 1 saturated heterocycles. The lowest BCUT2D eigenvalue weighted by atomic mass is 10.2. The van der Waals surface area contributed by atoms with Crippen molar-refractivity contribution in [3.05, 3.63) is 0 Å². The highest BCUT2D eigenvalue weighted by Crippen LogP contribution is 2.04. The predicted octanol–water partition coefficient (Wildman–Crippen LogP) is -0.0854. The molecule has 0 aromatic heterocycles. The highest BCUT2D eigenvalue weighted by Gasteiger charge is 2.27. The zero-order valence-electron chi connectivity index (χ0n) is 9.49. The summed E-state index contributed by atoms with van der Waals surface area (Å²) >= 11 is 0. The van der Waals surface area contributed by atoms with Crippen molar-refractivity contribution in [2.75, 3.05) is 26.2 Å². The first-order valence-corrected chi connectivity index (χ1v) is 7.02. The molecule has 2 N–H and O–H groups in total. The highest BCUT2D eigenvalue weighted by molar-refractivity contribution is 7.87. The van der Waals surface area contributed by atoms with Crippen molar-refractivity contribution >= 4 is 10.2 Å². The molecule has 6 heteroatoms. The maximum absolute atomic E-state index is 11.9. The van der Waals surface area contributed by atoms with Crippen molar-refractivity contribution in [2.45, 2.75) is 32.7 Å². The Hall–Kier alpha value is -0.170. The van der Waals surface area contributed by atoms with Gasteiger partial charge in [0.2, 0.25) is 0 Å². The smallest absolute Gasteiger partial charge is 0.279 e. The van der Waals surface area contributed by atoms with Gasteiger partial charge in [-0.3, -0.25) is 0 Å². The first kappa shape index (κ1) is 12.9. The van der Waals surface area contributed by atoms with Crippen LogP contribution in [0.15, 0.2) is 0 Å². The van der Waals surface area contributed by atoms with Gasteiger partial charge in [-0.25, -0.2) is 0 Å². The lowest BCUT2D eigenvalue weighted by Crippen LogP contribution is -2.59. The minimum Gasteiger partial charge on any atom is -0.313 e. The van der Waals surface area contributed by atoms with Crippen LogP contribution in [-0.2, 0) is 10.2 Å². The van der Waals surface area contributed by atoms with Crippen LogP contribution in [0, 0.1) is 0 Å². The molecule has 0 bridgehead atoms. The average molecular weight is 235 g/mol. The number of hydrogen-bond donors (Lipinski definition) is 2. The molecule has 1 rings (SSSR count). The summed E-state index contributed by atoms with van der Waals surface area (Å²) in [6, 6.07) is 0.0752. The van der Waals surface area contributed by atoms with Crippen LogP contribution in [0.3, 0.4) is 0 Å².